The molecular weight excluding hydrogens is 582 g/mol. The molecular formula is C26H25BrClN3O5S. The van der Waals surface area contributed by atoms with Crippen molar-refractivity contribution in [1.82, 2.24) is 9.80 Å². The number of benzene rings is 2. The molecule has 0 aliphatic carbocycles. The first-order valence-electron chi connectivity index (χ1n) is 11.7. The molecule has 2 saturated heterocycles. The van der Waals surface area contributed by atoms with Crippen LogP contribution in [0.15, 0.2) is 45.8 Å². The lowest BCUT2D eigenvalue weighted by atomic mass is 10.1. The molecule has 8 nitrogen and oxygen atoms in total. The molecule has 0 radical (unpaired) electrons. The molecule has 0 aromatic heterocycles. The second kappa shape index (κ2) is 12.1. The Bertz CT molecular complexity index is 1280. The standard InChI is InChI=1S/C26H25BrClN3O5S/c1-16-5-7-19(13-20(16)28)29-23(32)15-36-21-8-6-18(27)11-17(21)12-22-25(34)31(26(35)37-22)14-24(33)30-9-3-2-4-10-30/h5-8,11-13H,2-4,9-10,14-15H2,1H3,(H,29,32)/b22-12-. The normalized spacial score (nSPS) is 16.9. The maximum atomic E-state index is 13.0. The Morgan fingerprint density at radius 1 is 1.14 bits per heavy atom. The zero-order valence-corrected chi connectivity index (χ0v) is 23.2. The molecule has 1 N–H and O–H groups in total. The molecule has 4 amide bonds. The number of halogens is 2. The Morgan fingerprint density at radius 2 is 1.89 bits per heavy atom. The summed E-state index contributed by atoms with van der Waals surface area (Å²) in [6.45, 7) is 2.61. The number of imide groups is 1. The minimum atomic E-state index is -0.528. The summed E-state index contributed by atoms with van der Waals surface area (Å²) in [7, 11) is 0. The van der Waals surface area contributed by atoms with Crippen LogP contribution < -0.4 is 10.1 Å². The van der Waals surface area contributed by atoms with Crippen LogP contribution in [0.25, 0.3) is 6.08 Å². The number of hydrogen-bond acceptors (Lipinski definition) is 6. The lowest BCUT2D eigenvalue weighted by Gasteiger charge is -2.27. The van der Waals surface area contributed by atoms with Gasteiger partial charge in [-0.1, -0.05) is 33.6 Å². The number of amides is 4. The lowest BCUT2D eigenvalue weighted by Crippen LogP contribution is -2.44. The predicted molar refractivity (Wildman–Crippen MR) is 148 cm³/mol. The van der Waals surface area contributed by atoms with E-state index in [2.05, 4.69) is 21.2 Å². The molecule has 2 aromatic carbocycles. The predicted octanol–water partition coefficient (Wildman–Crippen LogP) is 5.48. The third-order valence-corrected chi connectivity index (χ3v) is 7.76. The van der Waals surface area contributed by atoms with Gasteiger partial charge < -0.3 is 15.0 Å². The zero-order chi connectivity index (χ0) is 26.5. The number of aryl methyl sites for hydroxylation is 1. The first kappa shape index (κ1) is 27.2. The van der Waals surface area contributed by atoms with E-state index in [-0.39, 0.29) is 29.9 Å². The summed E-state index contributed by atoms with van der Waals surface area (Å²) in [6, 6.07) is 10.3. The SMILES string of the molecule is Cc1ccc(NC(=O)COc2ccc(Br)cc2/C=C2\SC(=O)N(CC(=O)N3CCCCC3)C2=O)cc1Cl. The van der Waals surface area contributed by atoms with Gasteiger partial charge in [0, 0.05) is 33.8 Å². The molecule has 2 aliphatic rings. The Balaban J connectivity index is 1.43. The van der Waals surface area contributed by atoms with Crippen LogP contribution >= 0.6 is 39.3 Å². The van der Waals surface area contributed by atoms with Crippen LogP contribution in [0.4, 0.5) is 10.5 Å². The van der Waals surface area contributed by atoms with E-state index in [1.54, 1.807) is 41.3 Å². The Kier molecular flexibility index (Phi) is 8.94. The summed E-state index contributed by atoms with van der Waals surface area (Å²) in [6.07, 6.45) is 4.47. The molecule has 0 saturated carbocycles. The number of carbonyl (C=O) groups excluding carboxylic acids is 4. The fourth-order valence-corrected chi connectivity index (χ4v) is 5.32. The van der Waals surface area contributed by atoms with Crippen molar-refractivity contribution in [1.29, 1.82) is 0 Å². The molecule has 194 valence electrons. The van der Waals surface area contributed by atoms with E-state index >= 15 is 0 Å². The monoisotopic (exact) mass is 605 g/mol. The van der Waals surface area contributed by atoms with Crippen molar-refractivity contribution in [2.75, 3.05) is 31.6 Å². The summed E-state index contributed by atoms with van der Waals surface area (Å²) in [4.78, 5) is 53.4. The molecule has 37 heavy (non-hydrogen) atoms. The number of rotatable bonds is 7. The average Bonchev–Trinajstić information content (AvgIpc) is 3.13. The molecule has 2 aliphatic heterocycles. The van der Waals surface area contributed by atoms with Gasteiger partial charge in [0.1, 0.15) is 12.3 Å². The molecule has 0 spiro atoms. The van der Waals surface area contributed by atoms with Gasteiger partial charge in [0.25, 0.3) is 17.1 Å². The molecule has 2 heterocycles. The van der Waals surface area contributed by atoms with Crippen molar-refractivity contribution in [3.05, 3.63) is 61.9 Å². The van der Waals surface area contributed by atoms with Crippen molar-refractivity contribution in [2.45, 2.75) is 26.2 Å². The van der Waals surface area contributed by atoms with Gasteiger partial charge in [-0.05, 0) is 79.9 Å². The van der Waals surface area contributed by atoms with E-state index in [1.807, 2.05) is 6.92 Å². The fraction of sp³-hybridized carbons (Fsp3) is 0.308. The van der Waals surface area contributed by atoms with E-state index < -0.39 is 11.1 Å². The van der Waals surface area contributed by atoms with Gasteiger partial charge >= 0.3 is 0 Å². The molecule has 2 fully saturated rings. The van der Waals surface area contributed by atoms with Crippen LogP contribution in [0.2, 0.25) is 5.02 Å². The topological polar surface area (TPSA) is 96.0 Å². The van der Waals surface area contributed by atoms with Crippen molar-refractivity contribution in [2.24, 2.45) is 0 Å². The number of likely N-dealkylation sites (tertiary alicyclic amines) is 1. The van der Waals surface area contributed by atoms with Crippen molar-refractivity contribution >= 4 is 74.0 Å². The minimum absolute atomic E-state index is 0.179. The van der Waals surface area contributed by atoms with Crippen LogP contribution in [-0.4, -0.2) is 59.0 Å². The quantitative estimate of drug-likeness (QED) is 0.420. The number of thioether (sulfide) groups is 1. The number of anilines is 1. The van der Waals surface area contributed by atoms with Gasteiger partial charge in [0.05, 0.1) is 4.91 Å². The van der Waals surface area contributed by atoms with Crippen molar-refractivity contribution < 1.29 is 23.9 Å². The fourth-order valence-electron chi connectivity index (χ4n) is 3.93. The first-order chi connectivity index (χ1) is 17.7. The minimum Gasteiger partial charge on any atom is -0.483 e. The number of carbonyl (C=O) groups is 4. The molecule has 0 atom stereocenters. The summed E-state index contributed by atoms with van der Waals surface area (Å²) in [5.41, 5.74) is 1.96. The molecule has 0 bridgehead atoms. The number of ether oxygens (including phenoxy) is 1. The van der Waals surface area contributed by atoms with E-state index in [0.29, 0.717) is 35.1 Å². The molecule has 0 unspecified atom stereocenters. The smallest absolute Gasteiger partial charge is 0.294 e. The Labute approximate surface area is 232 Å². The maximum Gasteiger partial charge on any atom is 0.294 e. The van der Waals surface area contributed by atoms with Crippen LogP contribution in [0.1, 0.15) is 30.4 Å². The van der Waals surface area contributed by atoms with Crippen LogP contribution in [0, 0.1) is 6.92 Å². The molecule has 4 rings (SSSR count). The van der Waals surface area contributed by atoms with E-state index in [1.165, 1.54) is 6.08 Å². The van der Waals surface area contributed by atoms with E-state index in [9.17, 15) is 19.2 Å². The van der Waals surface area contributed by atoms with E-state index in [0.717, 1.165) is 46.0 Å². The third kappa shape index (κ3) is 6.94. The van der Waals surface area contributed by atoms with Crippen molar-refractivity contribution in [3.63, 3.8) is 0 Å². The highest BCUT2D eigenvalue weighted by atomic mass is 79.9. The maximum absolute atomic E-state index is 13.0. The Morgan fingerprint density at radius 3 is 2.62 bits per heavy atom. The van der Waals surface area contributed by atoms with E-state index in [4.69, 9.17) is 16.3 Å². The van der Waals surface area contributed by atoms with Gasteiger partial charge in [-0.3, -0.25) is 24.1 Å². The number of hydrogen-bond donors (Lipinski definition) is 1. The molecule has 2 aromatic rings. The van der Waals surface area contributed by atoms with Crippen LogP contribution in [-0.2, 0) is 14.4 Å². The number of nitrogens with zero attached hydrogens (tertiary/aromatic N) is 2. The second-order valence-electron chi connectivity index (χ2n) is 8.69. The van der Waals surface area contributed by atoms with Crippen LogP contribution in [0.3, 0.4) is 0 Å². The number of nitrogens with one attached hydrogen (secondary N) is 1. The largest absolute Gasteiger partial charge is 0.483 e. The first-order valence-corrected chi connectivity index (χ1v) is 13.7. The average molecular weight is 607 g/mol. The second-order valence-corrected chi connectivity index (χ2v) is 11.0. The van der Waals surface area contributed by atoms with Gasteiger partial charge in [0.15, 0.2) is 6.61 Å². The van der Waals surface area contributed by atoms with Gasteiger partial charge in [-0.25, -0.2) is 0 Å². The Hall–Kier alpha value is -2.82. The zero-order valence-electron chi connectivity index (χ0n) is 20.1. The van der Waals surface area contributed by atoms with Crippen molar-refractivity contribution in [3.8, 4) is 5.75 Å². The highest BCUT2D eigenvalue weighted by molar-refractivity contribution is 9.10. The summed E-state index contributed by atoms with van der Waals surface area (Å²) < 4.78 is 6.46. The highest BCUT2D eigenvalue weighted by Crippen LogP contribution is 2.35. The lowest BCUT2D eigenvalue weighted by molar-refractivity contribution is -0.136. The summed E-state index contributed by atoms with van der Waals surface area (Å²) in [5.74, 6) is -0.780. The summed E-state index contributed by atoms with van der Waals surface area (Å²) >= 11 is 10.3. The van der Waals surface area contributed by atoms with Gasteiger partial charge in [0.2, 0.25) is 5.91 Å². The molecule has 11 heteroatoms. The van der Waals surface area contributed by atoms with Gasteiger partial charge in [-0.2, -0.15) is 0 Å². The highest BCUT2D eigenvalue weighted by Gasteiger charge is 2.37. The van der Waals surface area contributed by atoms with Gasteiger partial charge in [-0.15, -0.1) is 0 Å². The number of piperidine rings is 1. The third-order valence-electron chi connectivity index (χ3n) is 5.95. The van der Waals surface area contributed by atoms with Crippen LogP contribution in [0.5, 0.6) is 5.75 Å². The summed E-state index contributed by atoms with van der Waals surface area (Å²) in [5, 5.41) is 2.78.